The molecule has 0 unspecified atom stereocenters. The summed E-state index contributed by atoms with van der Waals surface area (Å²) in [6, 6.07) is 0. The van der Waals surface area contributed by atoms with E-state index in [9.17, 15) is 13.6 Å². The molecule has 0 aliphatic rings. The van der Waals surface area contributed by atoms with E-state index < -0.39 is 17.4 Å². The van der Waals surface area contributed by atoms with Crippen LogP contribution in [0.5, 0.6) is 0 Å². The highest BCUT2D eigenvalue weighted by Gasteiger charge is 2.50. The fourth-order valence-corrected chi connectivity index (χ4v) is 0.301. The number of aliphatic hydroxyl groups is 1. The highest BCUT2D eigenvalue weighted by Crippen LogP contribution is 2.27. The van der Waals surface area contributed by atoms with E-state index in [2.05, 4.69) is 5.73 Å². The first kappa shape index (κ1) is 9.29. The molecule has 0 bridgehead atoms. The summed E-state index contributed by atoms with van der Waals surface area (Å²) in [5, 5.41) is 8.66. The zero-order chi connectivity index (χ0) is 8.58. The molecule has 10 heavy (non-hydrogen) atoms. The summed E-state index contributed by atoms with van der Waals surface area (Å²) in [5.41, 5.74) is 1.92. The fourth-order valence-electron chi connectivity index (χ4n) is 0.301. The monoisotopic (exact) mass is 153 g/mol. The van der Waals surface area contributed by atoms with Gasteiger partial charge in [0, 0.05) is 0 Å². The number of nitrogens with two attached hydrogens (primary N) is 1. The van der Waals surface area contributed by atoms with Gasteiger partial charge in [-0.15, -0.1) is 0 Å². The van der Waals surface area contributed by atoms with Crippen molar-refractivity contribution in [3.63, 3.8) is 0 Å². The Balaban J connectivity index is 4.57. The molecule has 0 saturated heterocycles. The minimum atomic E-state index is -3.87. The zero-order valence-electron chi connectivity index (χ0n) is 5.69. The lowest BCUT2D eigenvalue weighted by molar-refractivity contribution is -0.179. The second-order valence-corrected chi connectivity index (χ2v) is 2.50. The van der Waals surface area contributed by atoms with Crippen LogP contribution in [-0.2, 0) is 4.79 Å². The summed E-state index contributed by atoms with van der Waals surface area (Å²) in [7, 11) is 0. The molecule has 0 saturated carbocycles. The van der Waals surface area contributed by atoms with Gasteiger partial charge in [-0.1, -0.05) is 0 Å². The van der Waals surface area contributed by atoms with E-state index in [1.54, 1.807) is 0 Å². The Morgan fingerprint density at radius 1 is 1.50 bits per heavy atom. The number of alkyl halides is 2. The number of primary amides is 1. The van der Waals surface area contributed by atoms with E-state index in [0.29, 0.717) is 0 Å². The first-order valence-corrected chi connectivity index (χ1v) is 2.59. The van der Waals surface area contributed by atoms with Gasteiger partial charge in [0.15, 0.2) is 0 Å². The second-order valence-electron chi connectivity index (χ2n) is 2.50. The molecule has 0 atom stereocenters. The van der Waals surface area contributed by atoms with Crippen molar-refractivity contribution in [3.05, 3.63) is 0 Å². The van der Waals surface area contributed by atoms with Crippen molar-refractivity contribution < 1.29 is 18.7 Å². The van der Waals surface area contributed by atoms with Gasteiger partial charge in [0.2, 0.25) is 0 Å². The molecule has 60 valence electrons. The Bertz CT molecular complexity index is 150. The SMILES string of the molecule is CC(C)(O)C(F)(F)C(N)=O. The van der Waals surface area contributed by atoms with Crippen molar-refractivity contribution in [2.45, 2.75) is 25.4 Å². The lowest BCUT2D eigenvalue weighted by atomic mass is 10.0. The third-order valence-electron chi connectivity index (χ3n) is 1.08. The lowest BCUT2D eigenvalue weighted by Gasteiger charge is -2.25. The van der Waals surface area contributed by atoms with Crippen LogP contribution in [0, 0.1) is 0 Å². The fraction of sp³-hybridized carbons (Fsp3) is 0.800. The predicted molar refractivity (Wildman–Crippen MR) is 30.4 cm³/mol. The number of hydrogen-bond donors (Lipinski definition) is 2. The normalized spacial score (nSPS) is 13.3. The molecule has 3 N–H and O–H groups in total. The van der Waals surface area contributed by atoms with Crippen LogP contribution < -0.4 is 5.73 Å². The largest absolute Gasteiger partial charge is 0.384 e. The summed E-state index contributed by atoms with van der Waals surface area (Å²) in [5.74, 6) is -5.69. The molecule has 0 aliphatic heterocycles. The maximum absolute atomic E-state index is 12.3. The van der Waals surface area contributed by atoms with Crippen LogP contribution in [-0.4, -0.2) is 22.5 Å². The third-order valence-corrected chi connectivity index (χ3v) is 1.08. The second kappa shape index (κ2) is 2.16. The van der Waals surface area contributed by atoms with Crippen molar-refractivity contribution in [1.82, 2.24) is 0 Å². The molecule has 0 aromatic rings. The van der Waals surface area contributed by atoms with E-state index >= 15 is 0 Å². The van der Waals surface area contributed by atoms with Gasteiger partial charge in [-0.05, 0) is 13.8 Å². The van der Waals surface area contributed by atoms with Gasteiger partial charge in [-0.3, -0.25) is 4.79 Å². The number of amides is 1. The maximum atomic E-state index is 12.3. The molecule has 0 aromatic carbocycles. The Hall–Kier alpha value is -0.710. The molecular weight excluding hydrogens is 144 g/mol. The van der Waals surface area contributed by atoms with Crippen molar-refractivity contribution >= 4 is 5.91 Å². The maximum Gasteiger partial charge on any atom is 0.351 e. The van der Waals surface area contributed by atoms with E-state index in [1.807, 2.05) is 0 Å². The molecule has 3 nitrogen and oxygen atoms in total. The molecule has 0 aliphatic carbocycles. The molecule has 0 spiro atoms. The van der Waals surface area contributed by atoms with Gasteiger partial charge in [0.25, 0.3) is 5.91 Å². The quantitative estimate of drug-likeness (QED) is 0.580. The highest BCUT2D eigenvalue weighted by atomic mass is 19.3. The predicted octanol–water partition coefficient (Wildman–Crippen LogP) is -0.122. The lowest BCUT2D eigenvalue weighted by Crippen LogP contribution is -2.52. The van der Waals surface area contributed by atoms with E-state index in [4.69, 9.17) is 5.11 Å². The summed E-state index contributed by atoms with van der Waals surface area (Å²) in [6.45, 7) is 1.63. The minimum absolute atomic E-state index is 0.817. The van der Waals surface area contributed by atoms with Crippen LogP contribution in [0.3, 0.4) is 0 Å². The standard InChI is InChI=1S/C5H9F2NO2/c1-4(2,10)5(6,7)3(8)9/h10H,1-2H3,(H2,8,9). The van der Waals surface area contributed by atoms with E-state index in [1.165, 1.54) is 0 Å². The van der Waals surface area contributed by atoms with Crippen LogP contribution in [0.25, 0.3) is 0 Å². The number of carbonyl (C=O) groups is 1. The number of hydrogen-bond acceptors (Lipinski definition) is 2. The smallest absolute Gasteiger partial charge is 0.351 e. The molecule has 0 fully saturated rings. The van der Waals surface area contributed by atoms with Crippen molar-refractivity contribution in [2.75, 3.05) is 0 Å². The Morgan fingerprint density at radius 3 is 1.80 bits per heavy atom. The van der Waals surface area contributed by atoms with Crippen LogP contribution in [0.2, 0.25) is 0 Å². The summed E-state index contributed by atoms with van der Waals surface area (Å²) in [6.07, 6.45) is 0. The molecule has 0 radical (unpaired) electrons. The first-order valence-electron chi connectivity index (χ1n) is 2.59. The molecule has 0 rings (SSSR count). The Labute approximate surface area is 56.8 Å². The van der Waals surface area contributed by atoms with Gasteiger partial charge in [0.05, 0.1) is 0 Å². The summed E-state index contributed by atoms with van der Waals surface area (Å²) in [4.78, 5) is 9.98. The van der Waals surface area contributed by atoms with Crippen LogP contribution in [0.4, 0.5) is 8.78 Å². The summed E-state index contributed by atoms with van der Waals surface area (Å²) >= 11 is 0. The first-order chi connectivity index (χ1) is 4.19. The third kappa shape index (κ3) is 1.41. The molecule has 0 aromatic heterocycles. The van der Waals surface area contributed by atoms with Crippen LogP contribution >= 0.6 is 0 Å². The average molecular weight is 153 g/mol. The number of halogens is 2. The minimum Gasteiger partial charge on any atom is -0.384 e. The van der Waals surface area contributed by atoms with Crippen molar-refractivity contribution in [3.8, 4) is 0 Å². The average Bonchev–Trinajstić information content (AvgIpc) is 1.62. The molecule has 1 amide bonds. The number of rotatable bonds is 2. The van der Waals surface area contributed by atoms with Crippen LogP contribution in [0.1, 0.15) is 13.8 Å². The highest BCUT2D eigenvalue weighted by molar-refractivity contribution is 5.82. The van der Waals surface area contributed by atoms with Crippen LogP contribution in [0.15, 0.2) is 0 Å². The molecule has 0 heterocycles. The van der Waals surface area contributed by atoms with Gasteiger partial charge in [0.1, 0.15) is 5.60 Å². The number of carbonyl (C=O) groups excluding carboxylic acids is 1. The van der Waals surface area contributed by atoms with Gasteiger partial charge < -0.3 is 10.8 Å². The van der Waals surface area contributed by atoms with Crippen molar-refractivity contribution in [2.24, 2.45) is 5.73 Å². The summed E-state index contributed by atoms with van der Waals surface area (Å²) < 4.78 is 24.7. The van der Waals surface area contributed by atoms with Gasteiger partial charge >= 0.3 is 5.92 Å². The van der Waals surface area contributed by atoms with Crippen molar-refractivity contribution in [1.29, 1.82) is 0 Å². The van der Waals surface area contributed by atoms with Gasteiger partial charge in [-0.2, -0.15) is 8.78 Å². The van der Waals surface area contributed by atoms with E-state index in [0.717, 1.165) is 13.8 Å². The Kier molecular flexibility index (Phi) is 2.00. The molecule has 5 heteroatoms. The van der Waals surface area contributed by atoms with E-state index in [-0.39, 0.29) is 0 Å². The van der Waals surface area contributed by atoms with Gasteiger partial charge in [-0.25, -0.2) is 0 Å². The Morgan fingerprint density at radius 2 is 1.80 bits per heavy atom. The zero-order valence-corrected chi connectivity index (χ0v) is 5.69. The topological polar surface area (TPSA) is 63.3 Å². The molecular formula is C5H9F2NO2.